The summed E-state index contributed by atoms with van der Waals surface area (Å²) in [6.07, 6.45) is -6.85. The van der Waals surface area contributed by atoms with Crippen LogP contribution in [0.4, 0.5) is 23.7 Å². The lowest BCUT2D eigenvalue weighted by Gasteiger charge is -2.19. The molecule has 1 aromatic rings. The predicted molar refractivity (Wildman–Crippen MR) is 71.3 cm³/mol. The first-order chi connectivity index (χ1) is 9.46. The molecule has 116 valence electrons. The molecule has 1 N–H and O–H groups in total. The second kappa shape index (κ2) is 6.15. The van der Waals surface area contributed by atoms with Gasteiger partial charge in [-0.25, -0.2) is 4.79 Å². The van der Waals surface area contributed by atoms with Gasteiger partial charge in [-0.2, -0.15) is 13.2 Å². The van der Waals surface area contributed by atoms with E-state index in [-0.39, 0.29) is 11.3 Å². The summed E-state index contributed by atoms with van der Waals surface area (Å²) in [6.45, 7) is 5.03. The van der Waals surface area contributed by atoms with Gasteiger partial charge in [0.1, 0.15) is 12.0 Å². The number of ketones is 1. The van der Waals surface area contributed by atoms with Gasteiger partial charge >= 0.3 is 12.3 Å². The van der Waals surface area contributed by atoms with Crippen LogP contribution in [-0.4, -0.2) is 23.7 Å². The molecule has 0 heterocycles. The third-order valence-electron chi connectivity index (χ3n) is 2.19. The number of nitrogens with one attached hydrogen (secondary N) is 1. The van der Waals surface area contributed by atoms with Crippen LogP contribution in [0.5, 0.6) is 0 Å². The van der Waals surface area contributed by atoms with Gasteiger partial charge in [-0.05, 0) is 32.9 Å². The monoisotopic (exact) mass is 303 g/mol. The van der Waals surface area contributed by atoms with Crippen molar-refractivity contribution in [1.29, 1.82) is 0 Å². The number of amides is 1. The van der Waals surface area contributed by atoms with E-state index in [9.17, 15) is 22.8 Å². The Balaban J connectivity index is 2.77. The highest BCUT2D eigenvalue weighted by atomic mass is 19.4. The van der Waals surface area contributed by atoms with Crippen LogP contribution in [0.2, 0.25) is 0 Å². The molecule has 0 radical (unpaired) electrons. The van der Waals surface area contributed by atoms with Crippen molar-refractivity contribution in [2.45, 2.75) is 39.0 Å². The highest BCUT2D eigenvalue weighted by molar-refractivity contribution is 5.98. The van der Waals surface area contributed by atoms with E-state index in [2.05, 4.69) is 5.32 Å². The molecule has 0 aliphatic rings. The van der Waals surface area contributed by atoms with Crippen LogP contribution in [0.3, 0.4) is 0 Å². The zero-order chi connectivity index (χ0) is 16.3. The Labute approximate surface area is 120 Å². The summed E-state index contributed by atoms with van der Waals surface area (Å²) in [5.74, 6) is -1.06. The molecule has 0 bridgehead atoms. The SMILES string of the molecule is CC(C)(C)OC(=O)Nc1cccc(C(=O)CC(F)(F)F)c1. The summed E-state index contributed by atoms with van der Waals surface area (Å²) in [7, 11) is 0. The quantitative estimate of drug-likeness (QED) is 0.853. The van der Waals surface area contributed by atoms with Gasteiger partial charge in [-0.15, -0.1) is 0 Å². The first-order valence-electron chi connectivity index (χ1n) is 6.16. The smallest absolute Gasteiger partial charge is 0.412 e. The molecular weight excluding hydrogens is 287 g/mol. The van der Waals surface area contributed by atoms with Crippen molar-refractivity contribution in [3.8, 4) is 0 Å². The number of halogens is 3. The van der Waals surface area contributed by atoms with E-state index in [0.717, 1.165) is 0 Å². The Kier molecular flexibility index (Phi) is 4.98. The molecule has 7 heteroatoms. The molecule has 0 aliphatic carbocycles. The second-order valence-corrected chi connectivity index (χ2v) is 5.42. The summed E-state index contributed by atoms with van der Waals surface area (Å²) in [6, 6.07) is 5.27. The van der Waals surface area contributed by atoms with Gasteiger partial charge in [-0.1, -0.05) is 12.1 Å². The number of anilines is 1. The van der Waals surface area contributed by atoms with Crippen LogP contribution in [0.15, 0.2) is 24.3 Å². The summed E-state index contributed by atoms with van der Waals surface area (Å²) >= 11 is 0. The maximum atomic E-state index is 12.2. The average Bonchev–Trinajstić information content (AvgIpc) is 2.24. The minimum absolute atomic E-state index is 0.124. The summed E-state index contributed by atoms with van der Waals surface area (Å²) in [5, 5.41) is 2.36. The van der Waals surface area contributed by atoms with E-state index in [0.29, 0.717) is 0 Å². The number of carbonyl (C=O) groups is 2. The summed E-state index contributed by atoms with van der Waals surface area (Å²) in [5.41, 5.74) is -0.633. The number of hydrogen-bond donors (Lipinski definition) is 1. The predicted octanol–water partition coefficient (Wildman–Crippen LogP) is 4.17. The zero-order valence-corrected chi connectivity index (χ0v) is 11.9. The van der Waals surface area contributed by atoms with E-state index < -0.39 is 30.1 Å². The molecule has 1 rings (SSSR count). The molecule has 4 nitrogen and oxygen atoms in total. The highest BCUT2D eigenvalue weighted by Crippen LogP contribution is 2.23. The first-order valence-corrected chi connectivity index (χ1v) is 6.16. The average molecular weight is 303 g/mol. The Bertz CT molecular complexity index is 533. The molecule has 0 saturated carbocycles. The molecule has 0 aromatic heterocycles. The number of Topliss-reactive ketones (excluding diaryl/α,β-unsaturated/α-hetero) is 1. The van der Waals surface area contributed by atoms with Gasteiger partial charge in [0, 0.05) is 11.3 Å². The second-order valence-electron chi connectivity index (χ2n) is 5.42. The van der Waals surface area contributed by atoms with Gasteiger partial charge < -0.3 is 4.74 Å². The summed E-state index contributed by atoms with van der Waals surface area (Å²) in [4.78, 5) is 23.0. The maximum Gasteiger partial charge on any atom is 0.412 e. The molecule has 1 amide bonds. The van der Waals surface area contributed by atoms with E-state index in [1.807, 2.05) is 0 Å². The molecule has 0 fully saturated rings. The molecule has 21 heavy (non-hydrogen) atoms. The van der Waals surface area contributed by atoms with Crippen LogP contribution in [-0.2, 0) is 4.74 Å². The van der Waals surface area contributed by atoms with Crippen LogP contribution >= 0.6 is 0 Å². The fourth-order valence-corrected chi connectivity index (χ4v) is 1.48. The number of benzene rings is 1. The highest BCUT2D eigenvalue weighted by Gasteiger charge is 2.31. The minimum atomic E-state index is -4.56. The van der Waals surface area contributed by atoms with Crippen molar-refractivity contribution >= 4 is 17.6 Å². The van der Waals surface area contributed by atoms with Gasteiger partial charge in [0.15, 0.2) is 5.78 Å². The van der Waals surface area contributed by atoms with Crippen molar-refractivity contribution < 1.29 is 27.5 Å². The molecule has 0 spiro atoms. The summed E-state index contributed by atoms with van der Waals surface area (Å²) < 4.78 is 41.5. The minimum Gasteiger partial charge on any atom is -0.444 e. The molecule has 0 saturated heterocycles. The molecule has 0 atom stereocenters. The van der Waals surface area contributed by atoms with Crippen molar-refractivity contribution in [2.24, 2.45) is 0 Å². The fraction of sp³-hybridized carbons (Fsp3) is 0.429. The van der Waals surface area contributed by atoms with Gasteiger partial charge in [-0.3, -0.25) is 10.1 Å². The largest absolute Gasteiger partial charge is 0.444 e. The Morgan fingerprint density at radius 2 is 1.81 bits per heavy atom. The third-order valence-corrected chi connectivity index (χ3v) is 2.19. The van der Waals surface area contributed by atoms with Crippen LogP contribution in [0, 0.1) is 0 Å². The van der Waals surface area contributed by atoms with Crippen LogP contribution in [0.25, 0.3) is 0 Å². The Morgan fingerprint density at radius 1 is 1.19 bits per heavy atom. The molecule has 0 unspecified atom stereocenters. The van der Waals surface area contributed by atoms with Crippen molar-refractivity contribution in [2.75, 3.05) is 5.32 Å². The van der Waals surface area contributed by atoms with E-state index in [1.165, 1.54) is 24.3 Å². The van der Waals surface area contributed by atoms with Gasteiger partial charge in [0.05, 0.1) is 0 Å². The number of alkyl halides is 3. The van der Waals surface area contributed by atoms with Gasteiger partial charge in [0.2, 0.25) is 0 Å². The number of hydrogen-bond acceptors (Lipinski definition) is 3. The lowest BCUT2D eigenvalue weighted by atomic mass is 10.1. The number of rotatable bonds is 3. The standard InChI is InChI=1S/C14H16F3NO3/c1-13(2,3)21-12(20)18-10-6-4-5-9(7-10)11(19)8-14(15,16)17/h4-7H,8H2,1-3H3,(H,18,20). The third kappa shape index (κ3) is 6.78. The van der Waals surface area contributed by atoms with Crippen LogP contribution < -0.4 is 5.32 Å². The van der Waals surface area contributed by atoms with E-state index >= 15 is 0 Å². The topological polar surface area (TPSA) is 55.4 Å². The lowest BCUT2D eigenvalue weighted by Crippen LogP contribution is -2.27. The Hall–Kier alpha value is -2.05. The number of ether oxygens (including phenoxy) is 1. The first kappa shape index (κ1) is 17.0. The maximum absolute atomic E-state index is 12.2. The number of carbonyl (C=O) groups excluding carboxylic acids is 2. The zero-order valence-electron chi connectivity index (χ0n) is 11.9. The Morgan fingerprint density at radius 3 is 2.33 bits per heavy atom. The fourth-order valence-electron chi connectivity index (χ4n) is 1.48. The van der Waals surface area contributed by atoms with Crippen LogP contribution in [0.1, 0.15) is 37.6 Å². The normalized spacial score (nSPS) is 11.9. The molecule has 1 aromatic carbocycles. The van der Waals surface area contributed by atoms with E-state index in [1.54, 1.807) is 20.8 Å². The molecular formula is C14H16F3NO3. The molecule has 0 aliphatic heterocycles. The van der Waals surface area contributed by atoms with Gasteiger partial charge in [0.25, 0.3) is 0 Å². The van der Waals surface area contributed by atoms with E-state index in [4.69, 9.17) is 4.74 Å². The van der Waals surface area contributed by atoms with Crippen molar-refractivity contribution in [3.63, 3.8) is 0 Å². The van der Waals surface area contributed by atoms with Crippen molar-refractivity contribution in [1.82, 2.24) is 0 Å². The lowest BCUT2D eigenvalue weighted by molar-refractivity contribution is -0.125. The van der Waals surface area contributed by atoms with Crippen molar-refractivity contribution in [3.05, 3.63) is 29.8 Å².